The summed E-state index contributed by atoms with van der Waals surface area (Å²) in [6.45, 7) is 5.27. The van der Waals surface area contributed by atoms with Gasteiger partial charge in [-0.3, -0.25) is 9.59 Å². The Labute approximate surface area is 130 Å². The van der Waals surface area contributed by atoms with E-state index in [9.17, 15) is 9.59 Å². The first-order chi connectivity index (χ1) is 9.86. The van der Waals surface area contributed by atoms with Crippen LogP contribution in [0, 0.1) is 5.92 Å². The van der Waals surface area contributed by atoms with E-state index in [1.54, 1.807) is 32.3 Å². The number of carbonyl (C=O) groups is 2. The number of nitrogens with one attached hydrogen (secondary N) is 2. The first-order valence-electron chi connectivity index (χ1n) is 6.89. The molecule has 0 aliphatic carbocycles. The fourth-order valence-electron chi connectivity index (χ4n) is 1.73. The number of hydrogen-bond donors (Lipinski definition) is 2. The lowest BCUT2D eigenvalue weighted by atomic mass is 10.1. The van der Waals surface area contributed by atoms with Crippen molar-refractivity contribution in [2.45, 2.75) is 13.8 Å². The zero-order chi connectivity index (χ0) is 16.0. The maximum absolute atomic E-state index is 12.0. The summed E-state index contributed by atoms with van der Waals surface area (Å²) in [5.41, 5.74) is 0.941. The lowest BCUT2D eigenvalue weighted by Gasteiger charge is -2.15. The molecule has 1 aromatic rings. The maximum atomic E-state index is 12.0. The third-order valence-corrected chi connectivity index (χ3v) is 3.35. The molecule has 0 saturated heterocycles. The number of anilines is 1. The van der Waals surface area contributed by atoms with Crippen molar-refractivity contribution in [2.75, 3.05) is 32.5 Å². The van der Waals surface area contributed by atoms with Gasteiger partial charge < -0.3 is 15.5 Å². The average Bonchev–Trinajstić information content (AvgIpc) is 2.45. The summed E-state index contributed by atoms with van der Waals surface area (Å²) in [7, 11) is 3.31. The lowest BCUT2D eigenvalue weighted by molar-refractivity contribution is -0.119. The summed E-state index contributed by atoms with van der Waals surface area (Å²) in [4.78, 5) is 25.5. The summed E-state index contributed by atoms with van der Waals surface area (Å²) in [5, 5.41) is 6.30. The highest BCUT2D eigenvalue weighted by molar-refractivity contribution is 6.34. The van der Waals surface area contributed by atoms with Gasteiger partial charge in [-0.2, -0.15) is 0 Å². The molecule has 0 heterocycles. The van der Waals surface area contributed by atoms with Crippen LogP contribution in [0.1, 0.15) is 24.2 Å². The Morgan fingerprint density at radius 2 is 2.00 bits per heavy atom. The molecule has 1 rings (SSSR count). The number of nitrogens with zero attached hydrogens (tertiary/aromatic N) is 1. The van der Waals surface area contributed by atoms with Gasteiger partial charge in [0.1, 0.15) is 0 Å². The molecule has 0 aliphatic rings. The highest BCUT2D eigenvalue weighted by Gasteiger charge is 2.16. The summed E-state index contributed by atoms with van der Waals surface area (Å²) >= 11 is 6.03. The minimum atomic E-state index is -0.197. The lowest BCUT2D eigenvalue weighted by Crippen LogP contribution is -2.30. The Kier molecular flexibility index (Phi) is 6.65. The SMILES string of the molecule is CCNCC(C)C(=O)Nc1ccc(Cl)c(C(=O)N(C)C)c1. The predicted molar refractivity (Wildman–Crippen MR) is 85.8 cm³/mol. The predicted octanol–water partition coefficient (Wildman–Crippen LogP) is 2.23. The molecule has 0 aromatic heterocycles. The van der Waals surface area contributed by atoms with Gasteiger partial charge in [0.15, 0.2) is 0 Å². The molecule has 1 aromatic carbocycles. The van der Waals surface area contributed by atoms with Crippen LogP contribution in [0.2, 0.25) is 5.02 Å². The molecule has 0 aliphatic heterocycles. The molecule has 0 bridgehead atoms. The summed E-state index contributed by atoms with van der Waals surface area (Å²) < 4.78 is 0. The van der Waals surface area contributed by atoms with Crippen LogP contribution in [0.3, 0.4) is 0 Å². The molecule has 21 heavy (non-hydrogen) atoms. The second-order valence-electron chi connectivity index (χ2n) is 5.09. The van der Waals surface area contributed by atoms with Crippen molar-refractivity contribution >= 4 is 29.1 Å². The first kappa shape index (κ1) is 17.5. The van der Waals surface area contributed by atoms with Crippen molar-refractivity contribution < 1.29 is 9.59 Å². The fourth-order valence-corrected chi connectivity index (χ4v) is 1.93. The van der Waals surface area contributed by atoms with E-state index in [2.05, 4.69) is 10.6 Å². The van der Waals surface area contributed by atoms with Gasteiger partial charge in [0.05, 0.1) is 10.6 Å². The molecule has 0 spiro atoms. The zero-order valence-electron chi connectivity index (χ0n) is 12.9. The molecule has 0 saturated carbocycles. The van der Waals surface area contributed by atoms with Crippen molar-refractivity contribution in [3.63, 3.8) is 0 Å². The zero-order valence-corrected chi connectivity index (χ0v) is 13.6. The van der Waals surface area contributed by atoms with E-state index in [1.165, 1.54) is 4.90 Å². The van der Waals surface area contributed by atoms with Gasteiger partial charge in [0.2, 0.25) is 5.91 Å². The molecule has 116 valence electrons. The third kappa shape index (κ3) is 5.02. The van der Waals surface area contributed by atoms with Crippen LogP contribution in [0.4, 0.5) is 5.69 Å². The number of amides is 2. The van der Waals surface area contributed by atoms with Crippen LogP contribution >= 0.6 is 11.6 Å². The Morgan fingerprint density at radius 3 is 2.57 bits per heavy atom. The van der Waals surface area contributed by atoms with Crippen molar-refractivity contribution in [3.05, 3.63) is 28.8 Å². The molecule has 1 unspecified atom stereocenters. The van der Waals surface area contributed by atoms with Crippen molar-refractivity contribution in [1.29, 1.82) is 0 Å². The van der Waals surface area contributed by atoms with Gasteiger partial charge >= 0.3 is 0 Å². The van der Waals surface area contributed by atoms with Crippen LogP contribution in [0.25, 0.3) is 0 Å². The van der Waals surface area contributed by atoms with E-state index in [0.29, 0.717) is 22.8 Å². The van der Waals surface area contributed by atoms with Crippen molar-refractivity contribution in [2.24, 2.45) is 5.92 Å². The first-order valence-corrected chi connectivity index (χ1v) is 7.27. The molecular formula is C15H22ClN3O2. The van der Waals surface area contributed by atoms with Crippen molar-refractivity contribution in [3.8, 4) is 0 Å². The van der Waals surface area contributed by atoms with E-state index in [0.717, 1.165) is 6.54 Å². The normalized spacial score (nSPS) is 11.9. The largest absolute Gasteiger partial charge is 0.345 e. The van der Waals surface area contributed by atoms with Crippen LogP contribution in [-0.4, -0.2) is 43.9 Å². The fraction of sp³-hybridized carbons (Fsp3) is 0.467. The van der Waals surface area contributed by atoms with E-state index in [4.69, 9.17) is 11.6 Å². The molecule has 2 N–H and O–H groups in total. The maximum Gasteiger partial charge on any atom is 0.254 e. The number of carbonyl (C=O) groups excluding carboxylic acids is 2. The third-order valence-electron chi connectivity index (χ3n) is 3.02. The van der Waals surface area contributed by atoms with E-state index >= 15 is 0 Å². The molecule has 5 nitrogen and oxygen atoms in total. The summed E-state index contributed by atoms with van der Waals surface area (Å²) in [5.74, 6) is -0.452. The Hall–Kier alpha value is -1.59. The average molecular weight is 312 g/mol. The molecule has 0 radical (unpaired) electrons. The number of halogens is 1. The number of benzene rings is 1. The second kappa shape index (κ2) is 8.00. The van der Waals surface area contributed by atoms with Crippen LogP contribution in [0.5, 0.6) is 0 Å². The monoisotopic (exact) mass is 311 g/mol. The summed E-state index contributed by atoms with van der Waals surface area (Å²) in [6.07, 6.45) is 0. The molecule has 0 fully saturated rings. The Balaban J connectivity index is 2.83. The van der Waals surface area contributed by atoms with Crippen LogP contribution in [0.15, 0.2) is 18.2 Å². The topological polar surface area (TPSA) is 61.4 Å². The molecule has 1 atom stereocenters. The number of rotatable bonds is 6. The minimum absolute atomic E-state index is 0.0958. The Morgan fingerprint density at radius 1 is 1.33 bits per heavy atom. The van der Waals surface area contributed by atoms with Gasteiger partial charge in [-0.25, -0.2) is 0 Å². The molecular weight excluding hydrogens is 290 g/mol. The quantitative estimate of drug-likeness (QED) is 0.847. The van der Waals surface area contributed by atoms with Gasteiger partial charge in [0, 0.05) is 32.2 Å². The van der Waals surface area contributed by atoms with Crippen LogP contribution in [-0.2, 0) is 4.79 Å². The highest BCUT2D eigenvalue weighted by Crippen LogP contribution is 2.22. The molecule has 6 heteroatoms. The Bertz CT molecular complexity index is 518. The van der Waals surface area contributed by atoms with E-state index in [-0.39, 0.29) is 17.7 Å². The van der Waals surface area contributed by atoms with Gasteiger partial charge in [-0.15, -0.1) is 0 Å². The highest BCUT2D eigenvalue weighted by atomic mass is 35.5. The van der Waals surface area contributed by atoms with Gasteiger partial charge in [0.25, 0.3) is 5.91 Å². The standard InChI is InChI=1S/C15H22ClN3O2/c1-5-17-9-10(2)14(20)18-11-6-7-13(16)12(8-11)15(21)19(3)4/h6-8,10,17H,5,9H2,1-4H3,(H,18,20). The summed E-state index contributed by atoms with van der Waals surface area (Å²) in [6, 6.07) is 4.90. The second-order valence-corrected chi connectivity index (χ2v) is 5.50. The van der Waals surface area contributed by atoms with E-state index in [1.807, 2.05) is 13.8 Å². The minimum Gasteiger partial charge on any atom is -0.345 e. The van der Waals surface area contributed by atoms with Crippen LogP contribution < -0.4 is 10.6 Å². The number of hydrogen-bond acceptors (Lipinski definition) is 3. The van der Waals surface area contributed by atoms with Gasteiger partial charge in [-0.05, 0) is 24.7 Å². The van der Waals surface area contributed by atoms with Gasteiger partial charge in [-0.1, -0.05) is 25.4 Å². The van der Waals surface area contributed by atoms with E-state index < -0.39 is 0 Å². The van der Waals surface area contributed by atoms with Crippen molar-refractivity contribution in [1.82, 2.24) is 10.2 Å². The molecule has 2 amide bonds. The smallest absolute Gasteiger partial charge is 0.254 e.